The number of carbonyl (C=O) groups excluding carboxylic acids is 7. The lowest BCUT2D eigenvalue weighted by atomic mass is 9.88. The molecule has 0 fully saturated rings. The number of amides is 1. The van der Waals surface area contributed by atoms with E-state index >= 15 is 0 Å². The molecule has 0 heterocycles. The van der Waals surface area contributed by atoms with Gasteiger partial charge in [-0.3, -0.25) is 4.79 Å². The lowest BCUT2D eigenvalue weighted by Crippen LogP contribution is -2.47. The summed E-state index contributed by atoms with van der Waals surface area (Å²) in [5, 5.41) is 2.45. The average molecular weight is 752 g/mol. The summed E-state index contributed by atoms with van der Waals surface area (Å²) in [5.74, 6) is -4.67. The van der Waals surface area contributed by atoms with E-state index in [0.29, 0.717) is 6.42 Å². The summed E-state index contributed by atoms with van der Waals surface area (Å²) >= 11 is 0. The van der Waals surface area contributed by atoms with Gasteiger partial charge in [-0.1, -0.05) is 60.6 Å². The van der Waals surface area contributed by atoms with Crippen molar-refractivity contribution in [3.63, 3.8) is 0 Å². The van der Waals surface area contributed by atoms with Gasteiger partial charge in [0.25, 0.3) is 0 Å². The van der Waals surface area contributed by atoms with Crippen molar-refractivity contribution in [2.24, 2.45) is 28.6 Å². The molecule has 1 unspecified atom stereocenters. The molecule has 0 saturated heterocycles. The first-order chi connectivity index (χ1) is 25.0. The van der Waals surface area contributed by atoms with Gasteiger partial charge in [0.1, 0.15) is 46.2 Å². The van der Waals surface area contributed by atoms with Crippen LogP contribution in [0.1, 0.15) is 34.1 Å². The zero-order chi connectivity index (χ0) is 40.5. The van der Waals surface area contributed by atoms with Crippen molar-refractivity contribution in [2.45, 2.75) is 34.1 Å². The molecule has 0 aliphatic rings. The molecule has 0 saturated carbocycles. The van der Waals surface area contributed by atoms with Crippen LogP contribution < -0.4 is 5.32 Å². The van der Waals surface area contributed by atoms with E-state index < -0.39 is 99.6 Å². The summed E-state index contributed by atoms with van der Waals surface area (Å²) in [4.78, 5) is 85.5. The fourth-order valence-electron chi connectivity index (χ4n) is 4.23. The first kappa shape index (κ1) is 47.8. The van der Waals surface area contributed by atoms with Gasteiger partial charge in [-0.15, -0.1) is 0 Å². The largest absolute Gasteiger partial charge is 0.464 e. The third-order valence-electron chi connectivity index (χ3n) is 7.21. The Bertz CT molecular complexity index is 1220. The van der Waals surface area contributed by atoms with Crippen molar-refractivity contribution in [1.29, 1.82) is 0 Å². The van der Waals surface area contributed by atoms with Crippen LogP contribution in [0.3, 0.4) is 0 Å². The number of rotatable bonds is 28. The Morgan fingerprint density at radius 1 is 0.528 bits per heavy atom. The molecule has 16 heteroatoms. The molecule has 0 aromatic rings. The van der Waals surface area contributed by atoms with Crippen molar-refractivity contribution < 1.29 is 71.5 Å². The van der Waals surface area contributed by atoms with Crippen molar-refractivity contribution in [3.05, 3.63) is 63.3 Å². The van der Waals surface area contributed by atoms with E-state index in [1.54, 1.807) is 0 Å². The SMILES string of the molecule is C=CC(=O)OCC(COCC(COC(=O)C=C)(COC(=O)C=C)COC(=O)NCCOC(=O)C(CC(C)C)C(C)C)(COC(=O)C=C)COC(=O)C=C. The normalized spacial score (nSPS) is 11.6. The molecule has 0 aliphatic carbocycles. The fourth-order valence-corrected chi connectivity index (χ4v) is 4.23. The molecule has 1 atom stereocenters. The molecule has 0 spiro atoms. The summed E-state index contributed by atoms with van der Waals surface area (Å²) in [5.41, 5.74) is -3.14. The Labute approximate surface area is 310 Å². The Kier molecular flexibility index (Phi) is 23.1. The predicted octanol–water partition coefficient (Wildman–Crippen LogP) is 3.21. The minimum absolute atomic E-state index is 0.0557. The monoisotopic (exact) mass is 751 g/mol. The first-order valence-corrected chi connectivity index (χ1v) is 16.6. The van der Waals surface area contributed by atoms with Crippen LogP contribution in [0.2, 0.25) is 0 Å². The van der Waals surface area contributed by atoms with Gasteiger partial charge in [0.2, 0.25) is 0 Å². The number of hydrogen-bond donors (Lipinski definition) is 1. The Morgan fingerprint density at radius 2 is 0.868 bits per heavy atom. The van der Waals surface area contributed by atoms with Crippen LogP contribution in [0.5, 0.6) is 0 Å². The standard InChI is InChI=1S/C37H53NO15/c1-10-29(39)48-20-36(21-49-30(40)11-2,22-50-31(41)12-3)18-46-19-37(23-51-32(42)13-4,24-52-33(43)14-5)25-53-35(45)38-15-16-47-34(44)28(27(8)9)17-26(6)7/h10-14,26-28H,1-5,15-25H2,6-9H3,(H,38,45). The summed E-state index contributed by atoms with van der Waals surface area (Å²) in [6.45, 7) is 20.1. The zero-order valence-electron chi connectivity index (χ0n) is 31.1. The zero-order valence-corrected chi connectivity index (χ0v) is 31.1. The quantitative estimate of drug-likeness (QED) is 0.0528. The van der Waals surface area contributed by atoms with Crippen LogP contribution in [0.15, 0.2) is 63.3 Å². The van der Waals surface area contributed by atoms with E-state index in [1.165, 1.54) is 0 Å². The van der Waals surface area contributed by atoms with Crippen molar-refractivity contribution in [2.75, 3.05) is 66.0 Å². The fraction of sp³-hybridized carbons (Fsp3) is 0.541. The van der Waals surface area contributed by atoms with Crippen molar-refractivity contribution >= 4 is 41.9 Å². The Balaban J connectivity index is 6.21. The summed E-state index contributed by atoms with van der Waals surface area (Å²) in [7, 11) is 0. The van der Waals surface area contributed by atoms with Gasteiger partial charge in [-0.25, -0.2) is 28.8 Å². The van der Waals surface area contributed by atoms with Gasteiger partial charge in [0.05, 0.1) is 36.5 Å². The maximum Gasteiger partial charge on any atom is 0.407 e. The molecule has 0 bridgehead atoms. The van der Waals surface area contributed by atoms with Gasteiger partial charge in [-0.05, 0) is 18.3 Å². The molecule has 1 N–H and O–H groups in total. The topological polar surface area (TPSA) is 205 Å². The molecular formula is C37H53NO15. The Morgan fingerprint density at radius 3 is 1.17 bits per heavy atom. The first-order valence-electron chi connectivity index (χ1n) is 16.6. The molecule has 16 nitrogen and oxygen atoms in total. The molecule has 0 aromatic heterocycles. The van der Waals surface area contributed by atoms with Crippen LogP contribution in [-0.4, -0.2) is 108 Å². The number of esters is 6. The second-order valence-electron chi connectivity index (χ2n) is 12.7. The van der Waals surface area contributed by atoms with Gasteiger partial charge < -0.3 is 43.2 Å². The average Bonchev–Trinajstić information content (AvgIpc) is 3.14. The molecule has 0 radical (unpaired) electrons. The number of carbonyl (C=O) groups is 7. The van der Waals surface area contributed by atoms with Gasteiger partial charge in [-0.2, -0.15) is 0 Å². The van der Waals surface area contributed by atoms with Crippen molar-refractivity contribution in [1.82, 2.24) is 5.32 Å². The molecule has 0 aliphatic heterocycles. The summed E-state index contributed by atoms with van der Waals surface area (Å²) < 4.78 is 42.8. The highest BCUT2D eigenvalue weighted by atomic mass is 16.6. The van der Waals surface area contributed by atoms with E-state index in [1.807, 2.05) is 27.7 Å². The highest BCUT2D eigenvalue weighted by Gasteiger charge is 2.40. The summed E-state index contributed by atoms with van der Waals surface area (Å²) in [6, 6.07) is 0. The number of alkyl carbamates (subject to hydrolysis) is 1. The van der Waals surface area contributed by atoms with Gasteiger partial charge >= 0.3 is 41.9 Å². The third kappa shape index (κ3) is 20.4. The van der Waals surface area contributed by atoms with Crippen LogP contribution in [0.4, 0.5) is 4.79 Å². The van der Waals surface area contributed by atoms with E-state index in [9.17, 15) is 33.6 Å². The minimum atomic E-state index is -1.60. The second kappa shape index (κ2) is 25.7. The number of nitrogens with one attached hydrogen (secondary N) is 1. The second-order valence-corrected chi connectivity index (χ2v) is 12.7. The maximum atomic E-state index is 12.7. The predicted molar refractivity (Wildman–Crippen MR) is 190 cm³/mol. The molecular weight excluding hydrogens is 698 g/mol. The molecule has 0 aromatic carbocycles. The lowest BCUT2D eigenvalue weighted by molar-refractivity contribution is -0.167. The van der Waals surface area contributed by atoms with Crippen LogP contribution in [0.25, 0.3) is 0 Å². The van der Waals surface area contributed by atoms with Crippen LogP contribution in [-0.2, 0) is 66.7 Å². The highest BCUT2D eigenvalue weighted by Crippen LogP contribution is 2.26. The molecule has 0 rings (SSSR count). The molecule has 1 amide bonds. The minimum Gasteiger partial charge on any atom is -0.464 e. The van der Waals surface area contributed by atoms with Crippen LogP contribution >= 0.6 is 0 Å². The van der Waals surface area contributed by atoms with Gasteiger partial charge in [0.15, 0.2) is 0 Å². The number of ether oxygens (including phenoxy) is 8. The van der Waals surface area contributed by atoms with E-state index in [2.05, 4.69) is 38.2 Å². The molecule has 53 heavy (non-hydrogen) atoms. The summed E-state index contributed by atoms with van der Waals surface area (Å²) in [6.07, 6.45) is 4.08. The maximum absolute atomic E-state index is 12.7. The Hall–Kier alpha value is -5.25. The highest BCUT2D eigenvalue weighted by molar-refractivity contribution is 5.83. The molecule has 296 valence electrons. The van der Waals surface area contributed by atoms with E-state index in [-0.39, 0.29) is 36.9 Å². The third-order valence-corrected chi connectivity index (χ3v) is 7.21. The van der Waals surface area contributed by atoms with E-state index in [4.69, 9.17) is 37.9 Å². The van der Waals surface area contributed by atoms with Crippen LogP contribution in [0, 0.1) is 28.6 Å². The smallest absolute Gasteiger partial charge is 0.407 e. The van der Waals surface area contributed by atoms with Crippen molar-refractivity contribution in [3.8, 4) is 0 Å². The van der Waals surface area contributed by atoms with E-state index in [0.717, 1.165) is 30.4 Å². The number of hydrogen-bond acceptors (Lipinski definition) is 15. The lowest BCUT2D eigenvalue weighted by Gasteiger charge is -2.35. The van der Waals surface area contributed by atoms with Gasteiger partial charge in [0, 0.05) is 30.4 Å².